The van der Waals surface area contributed by atoms with Gasteiger partial charge in [0, 0.05) is 19.3 Å². The van der Waals surface area contributed by atoms with Crippen molar-refractivity contribution in [1.82, 2.24) is 9.88 Å². The van der Waals surface area contributed by atoms with E-state index in [0.29, 0.717) is 24.3 Å². The summed E-state index contributed by atoms with van der Waals surface area (Å²) in [6.45, 7) is 5.11. The second-order valence-electron chi connectivity index (χ2n) is 4.53. The average Bonchev–Trinajstić information content (AvgIpc) is 2.36. The molecule has 2 atom stereocenters. The van der Waals surface area contributed by atoms with Crippen LogP contribution in [0.4, 0.5) is 5.69 Å². The second-order valence-corrected chi connectivity index (χ2v) is 4.53. The molecule has 6 heteroatoms. The number of pyridine rings is 1. The van der Waals surface area contributed by atoms with Gasteiger partial charge in [-0.15, -0.1) is 0 Å². The lowest BCUT2D eigenvalue weighted by Gasteiger charge is -2.35. The first-order chi connectivity index (χ1) is 8.61. The Balaban J connectivity index is 2.20. The summed E-state index contributed by atoms with van der Waals surface area (Å²) >= 11 is 0. The molecular formula is C12H18N4O2. The number of hydrazine groups is 1. The minimum atomic E-state index is -0.0487. The fraction of sp³-hybridized carbons (Fsp3) is 0.500. The number of ether oxygens (including phenoxy) is 1. The van der Waals surface area contributed by atoms with Gasteiger partial charge in [0.1, 0.15) is 0 Å². The van der Waals surface area contributed by atoms with Crippen LogP contribution in [-0.2, 0) is 4.74 Å². The third-order valence-corrected chi connectivity index (χ3v) is 2.91. The molecule has 1 aromatic rings. The lowest BCUT2D eigenvalue weighted by molar-refractivity contribution is -0.0585. The summed E-state index contributed by atoms with van der Waals surface area (Å²) in [7, 11) is 0. The molecule has 6 nitrogen and oxygen atoms in total. The van der Waals surface area contributed by atoms with Crippen LogP contribution in [0.15, 0.2) is 18.5 Å². The first kappa shape index (κ1) is 12.8. The molecule has 0 unspecified atom stereocenters. The van der Waals surface area contributed by atoms with E-state index in [1.54, 1.807) is 23.4 Å². The van der Waals surface area contributed by atoms with E-state index in [0.717, 1.165) is 0 Å². The van der Waals surface area contributed by atoms with E-state index in [4.69, 9.17) is 10.6 Å². The molecule has 2 rings (SSSR count). The number of amides is 1. The highest BCUT2D eigenvalue weighted by Crippen LogP contribution is 2.18. The molecule has 1 aliphatic heterocycles. The molecule has 0 saturated carbocycles. The number of nitrogens with zero attached hydrogens (tertiary/aromatic N) is 2. The molecular weight excluding hydrogens is 232 g/mol. The van der Waals surface area contributed by atoms with Crippen LogP contribution in [0.2, 0.25) is 0 Å². The number of carbonyl (C=O) groups is 1. The largest absolute Gasteiger partial charge is 0.372 e. The number of nitrogens with two attached hydrogens (primary N) is 1. The topological polar surface area (TPSA) is 80.5 Å². The Kier molecular flexibility index (Phi) is 3.78. The monoisotopic (exact) mass is 250 g/mol. The minimum absolute atomic E-state index is 0.0487. The number of nitrogens with one attached hydrogen (secondary N) is 1. The van der Waals surface area contributed by atoms with Crippen LogP contribution < -0.4 is 11.3 Å². The van der Waals surface area contributed by atoms with E-state index in [9.17, 15) is 4.79 Å². The van der Waals surface area contributed by atoms with Crippen molar-refractivity contribution in [2.24, 2.45) is 5.84 Å². The van der Waals surface area contributed by atoms with Crippen molar-refractivity contribution in [3.8, 4) is 0 Å². The SMILES string of the molecule is C[C@@H]1CN(C(=O)c2ccncc2NN)C[C@H](C)O1. The van der Waals surface area contributed by atoms with Gasteiger partial charge in [-0.25, -0.2) is 0 Å². The fourth-order valence-electron chi connectivity index (χ4n) is 2.21. The van der Waals surface area contributed by atoms with Gasteiger partial charge in [0.15, 0.2) is 0 Å². The molecule has 98 valence electrons. The second kappa shape index (κ2) is 5.32. The molecule has 0 spiro atoms. The van der Waals surface area contributed by atoms with Crippen molar-refractivity contribution < 1.29 is 9.53 Å². The third-order valence-electron chi connectivity index (χ3n) is 2.91. The summed E-state index contributed by atoms with van der Waals surface area (Å²) in [4.78, 5) is 18.1. The summed E-state index contributed by atoms with van der Waals surface area (Å²) in [6, 6.07) is 1.67. The van der Waals surface area contributed by atoms with E-state index in [2.05, 4.69) is 10.4 Å². The Morgan fingerprint density at radius 3 is 2.78 bits per heavy atom. The van der Waals surface area contributed by atoms with Crippen LogP contribution in [-0.4, -0.2) is 41.1 Å². The summed E-state index contributed by atoms with van der Waals surface area (Å²) in [5.74, 6) is 5.34. The first-order valence-electron chi connectivity index (χ1n) is 5.97. The van der Waals surface area contributed by atoms with Crippen molar-refractivity contribution in [3.63, 3.8) is 0 Å². The summed E-state index contributed by atoms with van der Waals surface area (Å²) in [6.07, 6.45) is 3.23. The standard InChI is InChI=1S/C12H18N4O2/c1-8-6-16(7-9(2)18-8)12(17)10-3-4-14-5-11(10)15-13/h3-5,8-9,15H,6-7,13H2,1-2H3/t8-,9+. The lowest BCUT2D eigenvalue weighted by Crippen LogP contribution is -2.48. The number of hydrogen-bond donors (Lipinski definition) is 2. The zero-order valence-electron chi connectivity index (χ0n) is 10.6. The Bertz CT molecular complexity index is 428. The van der Waals surface area contributed by atoms with E-state index in [-0.39, 0.29) is 18.1 Å². The molecule has 0 bridgehead atoms. The summed E-state index contributed by atoms with van der Waals surface area (Å²) in [5, 5.41) is 0. The molecule has 1 fully saturated rings. The molecule has 2 heterocycles. The molecule has 1 aromatic heterocycles. The zero-order chi connectivity index (χ0) is 13.1. The lowest BCUT2D eigenvalue weighted by atomic mass is 10.1. The van der Waals surface area contributed by atoms with Crippen LogP contribution in [0.5, 0.6) is 0 Å². The van der Waals surface area contributed by atoms with Gasteiger partial charge in [-0.05, 0) is 19.9 Å². The van der Waals surface area contributed by atoms with E-state index < -0.39 is 0 Å². The maximum absolute atomic E-state index is 12.4. The van der Waals surface area contributed by atoms with Crippen LogP contribution in [0.25, 0.3) is 0 Å². The van der Waals surface area contributed by atoms with Gasteiger partial charge in [0.2, 0.25) is 0 Å². The Labute approximate surface area is 106 Å². The number of carbonyl (C=O) groups excluding carboxylic acids is 1. The number of anilines is 1. The smallest absolute Gasteiger partial charge is 0.256 e. The van der Waals surface area contributed by atoms with Gasteiger partial charge >= 0.3 is 0 Å². The van der Waals surface area contributed by atoms with Crippen LogP contribution >= 0.6 is 0 Å². The normalized spacial score (nSPS) is 23.8. The number of aromatic nitrogens is 1. The van der Waals surface area contributed by atoms with Gasteiger partial charge in [-0.2, -0.15) is 0 Å². The van der Waals surface area contributed by atoms with Crippen molar-refractivity contribution in [2.45, 2.75) is 26.1 Å². The fourth-order valence-corrected chi connectivity index (χ4v) is 2.21. The van der Waals surface area contributed by atoms with Gasteiger partial charge in [0.25, 0.3) is 5.91 Å². The molecule has 3 N–H and O–H groups in total. The third kappa shape index (κ3) is 2.60. The maximum Gasteiger partial charge on any atom is 0.256 e. The van der Waals surface area contributed by atoms with Gasteiger partial charge in [-0.1, -0.05) is 0 Å². The highest BCUT2D eigenvalue weighted by atomic mass is 16.5. The average molecular weight is 250 g/mol. The summed E-state index contributed by atoms with van der Waals surface area (Å²) < 4.78 is 5.61. The van der Waals surface area contributed by atoms with E-state index in [1.807, 2.05) is 13.8 Å². The van der Waals surface area contributed by atoms with Gasteiger partial charge in [0.05, 0.1) is 29.7 Å². The quantitative estimate of drug-likeness (QED) is 0.594. The van der Waals surface area contributed by atoms with Crippen molar-refractivity contribution in [1.29, 1.82) is 0 Å². The summed E-state index contributed by atoms with van der Waals surface area (Å²) in [5.41, 5.74) is 3.57. The predicted molar refractivity (Wildman–Crippen MR) is 68.0 cm³/mol. The molecule has 0 aromatic carbocycles. The maximum atomic E-state index is 12.4. The molecule has 0 radical (unpaired) electrons. The van der Waals surface area contributed by atoms with Crippen molar-refractivity contribution in [2.75, 3.05) is 18.5 Å². The Morgan fingerprint density at radius 2 is 2.17 bits per heavy atom. The van der Waals surface area contributed by atoms with Crippen LogP contribution in [0.3, 0.4) is 0 Å². The van der Waals surface area contributed by atoms with E-state index in [1.165, 1.54) is 0 Å². The van der Waals surface area contributed by atoms with Gasteiger partial charge < -0.3 is 15.1 Å². The molecule has 0 aliphatic carbocycles. The van der Waals surface area contributed by atoms with Crippen molar-refractivity contribution >= 4 is 11.6 Å². The number of nitrogen functional groups attached to an aromatic ring is 1. The molecule has 1 saturated heterocycles. The molecule has 1 aliphatic rings. The first-order valence-corrected chi connectivity index (χ1v) is 5.97. The number of hydrogen-bond acceptors (Lipinski definition) is 5. The van der Waals surface area contributed by atoms with Crippen LogP contribution in [0.1, 0.15) is 24.2 Å². The predicted octanol–water partition coefficient (Wildman–Crippen LogP) is 0.617. The Morgan fingerprint density at radius 1 is 1.50 bits per heavy atom. The highest BCUT2D eigenvalue weighted by Gasteiger charge is 2.27. The number of morpholine rings is 1. The minimum Gasteiger partial charge on any atom is -0.372 e. The van der Waals surface area contributed by atoms with Crippen molar-refractivity contribution in [3.05, 3.63) is 24.0 Å². The number of rotatable bonds is 2. The van der Waals surface area contributed by atoms with E-state index >= 15 is 0 Å². The highest BCUT2D eigenvalue weighted by molar-refractivity contribution is 5.99. The Hall–Kier alpha value is -1.66. The molecule has 1 amide bonds. The molecule has 18 heavy (non-hydrogen) atoms. The zero-order valence-corrected chi connectivity index (χ0v) is 10.6. The van der Waals surface area contributed by atoms with Gasteiger partial charge in [-0.3, -0.25) is 15.6 Å². The van der Waals surface area contributed by atoms with Crippen LogP contribution in [0, 0.1) is 0 Å².